The van der Waals surface area contributed by atoms with Crippen LogP contribution in [0.5, 0.6) is 0 Å². The summed E-state index contributed by atoms with van der Waals surface area (Å²) in [7, 11) is 3.85. The van der Waals surface area contributed by atoms with Crippen LogP contribution in [0.25, 0.3) is 0 Å². The van der Waals surface area contributed by atoms with Gasteiger partial charge in [0.05, 0.1) is 4.92 Å². The minimum Gasteiger partial charge on any atom is -0.377 e. The Hall–Kier alpha value is -1.62. The smallest absolute Gasteiger partial charge is 0.269 e. The van der Waals surface area contributed by atoms with Gasteiger partial charge in [-0.15, -0.1) is 0 Å². The van der Waals surface area contributed by atoms with Crippen molar-refractivity contribution in [2.75, 3.05) is 25.5 Å². The summed E-state index contributed by atoms with van der Waals surface area (Å²) in [5, 5.41) is 10.7. The van der Waals surface area contributed by atoms with Gasteiger partial charge in [-0.1, -0.05) is 0 Å². The maximum absolute atomic E-state index is 10.7. The molecule has 0 radical (unpaired) electrons. The summed E-state index contributed by atoms with van der Waals surface area (Å²) in [6.07, 6.45) is 1.60. The quantitative estimate of drug-likeness (QED) is 0.607. The van der Waals surface area contributed by atoms with Crippen LogP contribution in [0.15, 0.2) is 18.2 Å². The maximum Gasteiger partial charge on any atom is 0.269 e. The van der Waals surface area contributed by atoms with Crippen LogP contribution in [-0.4, -0.2) is 25.6 Å². The highest BCUT2D eigenvalue weighted by Crippen LogP contribution is 2.25. The van der Waals surface area contributed by atoms with E-state index in [2.05, 4.69) is 0 Å². The van der Waals surface area contributed by atoms with Gasteiger partial charge in [0, 0.05) is 31.9 Å². The highest BCUT2D eigenvalue weighted by molar-refractivity contribution is 5.57. The molecule has 5 heteroatoms. The molecule has 1 rings (SSSR count). The molecule has 5 nitrogen and oxygen atoms in total. The number of aryl methyl sites for hydroxylation is 1. The summed E-state index contributed by atoms with van der Waals surface area (Å²) >= 11 is 0. The van der Waals surface area contributed by atoms with E-state index < -0.39 is 0 Å². The number of hydrogen-bond donors (Lipinski definition) is 1. The number of anilines is 1. The normalized spacial score (nSPS) is 10.2. The van der Waals surface area contributed by atoms with Gasteiger partial charge in [-0.25, -0.2) is 0 Å². The van der Waals surface area contributed by atoms with Gasteiger partial charge in [0.25, 0.3) is 5.69 Å². The molecule has 0 amide bonds. The van der Waals surface area contributed by atoms with Crippen molar-refractivity contribution in [1.29, 1.82) is 0 Å². The van der Waals surface area contributed by atoms with E-state index in [-0.39, 0.29) is 10.6 Å². The first-order valence-corrected chi connectivity index (χ1v) is 5.21. The van der Waals surface area contributed by atoms with Crippen molar-refractivity contribution in [2.24, 2.45) is 5.73 Å². The van der Waals surface area contributed by atoms with Crippen LogP contribution in [-0.2, 0) is 6.42 Å². The van der Waals surface area contributed by atoms with Crippen molar-refractivity contribution < 1.29 is 4.92 Å². The molecule has 0 aromatic heterocycles. The van der Waals surface area contributed by atoms with Gasteiger partial charge in [0.1, 0.15) is 0 Å². The molecule has 0 unspecified atom stereocenters. The fourth-order valence-corrected chi connectivity index (χ4v) is 1.61. The molecule has 16 heavy (non-hydrogen) atoms. The molecule has 0 heterocycles. The van der Waals surface area contributed by atoms with Gasteiger partial charge < -0.3 is 10.6 Å². The molecule has 88 valence electrons. The lowest BCUT2D eigenvalue weighted by molar-refractivity contribution is -0.384. The maximum atomic E-state index is 10.7. The van der Waals surface area contributed by atoms with Crippen molar-refractivity contribution in [3.8, 4) is 0 Å². The molecule has 0 saturated heterocycles. The predicted octanol–water partition coefficient (Wildman–Crippen LogP) is 1.55. The summed E-state index contributed by atoms with van der Waals surface area (Å²) in [5.74, 6) is 0. The van der Waals surface area contributed by atoms with Gasteiger partial charge in [-0.3, -0.25) is 10.1 Å². The van der Waals surface area contributed by atoms with E-state index in [0.29, 0.717) is 6.54 Å². The lowest BCUT2D eigenvalue weighted by Crippen LogP contribution is -2.12. The Labute approximate surface area is 95.0 Å². The van der Waals surface area contributed by atoms with E-state index in [1.807, 2.05) is 19.0 Å². The average Bonchev–Trinajstić information content (AvgIpc) is 2.25. The highest BCUT2D eigenvalue weighted by atomic mass is 16.6. The molecular formula is C11H17N3O2. The Morgan fingerprint density at radius 3 is 2.62 bits per heavy atom. The van der Waals surface area contributed by atoms with Crippen LogP contribution in [0.1, 0.15) is 12.0 Å². The molecule has 0 spiro atoms. The second kappa shape index (κ2) is 5.46. The predicted molar refractivity (Wildman–Crippen MR) is 64.8 cm³/mol. The Kier molecular flexibility index (Phi) is 4.25. The molecule has 1 aromatic carbocycles. The van der Waals surface area contributed by atoms with E-state index in [9.17, 15) is 10.1 Å². The lowest BCUT2D eigenvalue weighted by atomic mass is 10.1. The molecule has 0 atom stereocenters. The Morgan fingerprint density at radius 2 is 2.12 bits per heavy atom. The summed E-state index contributed by atoms with van der Waals surface area (Å²) in [6, 6.07) is 4.94. The van der Waals surface area contributed by atoms with Gasteiger partial charge >= 0.3 is 0 Å². The van der Waals surface area contributed by atoms with Crippen LogP contribution in [0, 0.1) is 10.1 Å². The minimum atomic E-state index is -0.370. The molecular weight excluding hydrogens is 206 g/mol. The van der Waals surface area contributed by atoms with E-state index in [1.54, 1.807) is 12.1 Å². The van der Waals surface area contributed by atoms with Crippen LogP contribution in [0.2, 0.25) is 0 Å². The highest BCUT2D eigenvalue weighted by Gasteiger charge is 2.11. The molecule has 0 fully saturated rings. The first kappa shape index (κ1) is 12.4. The summed E-state index contributed by atoms with van der Waals surface area (Å²) < 4.78 is 0. The first-order chi connectivity index (χ1) is 7.56. The number of rotatable bonds is 5. The second-order valence-electron chi connectivity index (χ2n) is 3.86. The number of benzene rings is 1. The third-order valence-corrected chi connectivity index (χ3v) is 2.41. The second-order valence-corrected chi connectivity index (χ2v) is 3.86. The third kappa shape index (κ3) is 2.93. The Morgan fingerprint density at radius 1 is 1.44 bits per heavy atom. The van der Waals surface area contributed by atoms with Crippen molar-refractivity contribution in [3.63, 3.8) is 0 Å². The van der Waals surface area contributed by atoms with Gasteiger partial charge in [-0.05, 0) is 31.0 Å². The van der Waals surface area contributed by atoms with Crippen molar-refractivity contribution in [1.82, 2.24) is 0 Å². The molecule has 0 aliphatic carbocycles. The van der Waals surface area contributed by atoms with Crippen LogP contribution in [0.3, 0.4) is 0 Å². The summed E-state index contributed by atoms with van der Waals surface area (Å²) in [6.45, 7) is 0.593. The first-order valence-electron chi connectivity index (χ1n) is 5.21. The SMILES string of the molecule is CN(C)c1ccc([N+](=O)[O-])cc1CCCN. The van der Waals surface area contributed by atoms with E-state index in [4.69, 9.17) is 5.73 Å². The third-order valence-electron chi connectivity index (χ3n) is 2.41. The number of nitro groups is 1. The zero-order chi connectivity index (χ0) is 12.1. The number of nitro benzene ring substituents is 1. The largest absolute Gasteiger partial charge is 0.377 e. The van der Waals surface area contributed by atoms with E-state index in [1.165, 1.54) is 6.07 Å². The molecule has 1 aromatic rings. The summed E-state index contributed by atoms with van der Waals surface area (Å²) in [4.78, 5) is 12.3. The number of non-ortho nitro benzene ring substituents is 1. The van der Waals surface area contributed by atoms with Crippen LogP contribution in [0.4, 0.5) is 11.4 Å². The minimum absolute atomic E-state index is 0.137. The molecule has 0 aliphatic heterocycles. The monoisotopic (exact) mass is 223 g/mol. The fourth-order valence-electron chi connectivity index (χ4n) is 1.61. The molecule has 0 bridgehead atoms. The van der Waals surface area contributed by atoms with Crippen molar-refractivity contribution >= 4 is 11.4 Å². The zero-order valence-corrected chi connectivity index (χ0v) is 9.64. The number of hydrogen-bond acceptors (Lipinski definition) is 4. The molecule has 0 aliphatic rings. The standard InChI is InChI=1S/C11H17N3O2/c1-13(2)11-6-5-10(14(15)16)8-9(11)4-3-7-12/h5-6,8H,3-4,7,12H2,1-2H3. The topological polar surface area (TPSA) is 72.4 Å². The van der Waals surface area contributed by atoms with Gasteiger partial charge in [0.2, 0.25) is 0 Å². The summed E-state index contributed by atoms with van der Waals surface area (Å²) in [5.41, 5.74) is 7.58. The van der Waals surface area contributed by atoms with Crippen molar-refractivity contribution in [3.05, 3.63) is 33.9 Å². The van der Waals surface area contributed by atoms with Gasteiger partial charge in [0.15, 0.2) is 0 Å². The number of nitrogens with two attached hydrogens (primary N) is 1. The molecule has 2 N–H and O–H groups in total. The molecule has 0 saturated carbocycles. The van der Waals surface area contributed by atoms with E-state index in [0.717, 1.165) is 24.1 Å². The van der Waals surface area contributed by atoms with Crippen LogP contribution >= 0.6 is 0 Å². The zero-order valence-electron chi connectivity index (χ0n) is 9.64. The fraction of sp³-hybridized carbons (Fsp3) is 0.455. The lowest BCUT2D eigenvalue weighted by Gasteiger charge is -2.17. The average molecular weight is 223 g/mol. The Balaban J connectivity index is 3.05. The van der Waals surface area contributed by atoms with Crippen LogP contribution < -0.4 is 10.6 Å². The van der Waals surface area contributed by atoms with Crippen molar-refractivity contribution in [2.45, 2.75) is 12.8 Å². The number of nitrogens with zero attached hydrogens (tertiary/aromatic N) is 2. The Bertz CT molecular complexity index is 377. The van der Waals surface area contributed by atoms with Gasteiger partial charge in [-0.2, -0.15) is 0 Å². The van der Waals surface area contributed by atoms with E-state index >= 15 is 0 Å².